The number of nitrogens with zero attached hydrogens (tertiary/aromatic N) is 2. The third-order valence-electron chi connectivity index (χ3n) is 4.41. The van der Waals surface area contributed by atoms with E-state index in [0.717, 1.165) is 0 Å². The summed E-state index contributed by atoms with van der Waals surface area (Å²) in [6.45, 7) is 0.639. The van der Waals surface area contributed by atoms with Gasteiger partial charge >= 0.3 is 0 Å². The molecule has 0 fully saturated rings. The number of aromatic nitrogens is 2. The Labute approximate surface area is 183 Å². The molecule has 3 aromatic rings. The molecule has 0 bridgehead atoms. The van der Waals surface area contributed by atoms with Crippen molar-refractivity contribution in [2.45, 2.75) is 19.4 Å². The fourth-order valence-electron chi connectivity index (χ4n) is 2.92. The Morgan fingerprint density at radius 1 is 1.47 bits per heavy atom. The van der Waals surface area contributed by atoms with Crippen LogP contribution in [0.1, 0.15) is 27.5 Å². The van der Waals surface area contributed by atoms with Gasteiger partial charge in [-0.15, -0.1) is 0 Å². The molecular weight excluding hydrogens is 512 g/mol. The molecular formula is C19H19FIN3O6. The van der Waals surface area contributed by atoms with Crippen molar-refractivity contribution in [3.05, 3.63) is 60.7 Å². The lowest BCUT2D eigenvalue weighted by Crippen LogP contribution is -2.33. The zero-order valence-corrected chi connectivity index (χ0v) is 18.3. The first-order valence-corrected chi connectivity index (χ1v) is 9.94. The highest BCUT2D eigenvalue weighted by Gasteiger charge is 2.26. The minimum atomic E-state index is -1.18. The maximum absolute atomic E-state index is 14.4. The number of carbonyl (C=O) groups is 1. The van der Waals surface area contributed by atoms with E-state index in [1.54, 1.807) is 12.1 Å². The van der Waals surface area contributed by atoms with Gasteiger partial charge in [-0.1, -0.05) is 6.07 Å². The fourth-order valence-corrected chi connectivity index (χ4v) is 3.37. The largest absolute Gasteiger partial charge is 0.440 e. The third-order valence-corrected chi connectivity index (χ3v) is 5.08. The second-order valence-electron chi connectivity index (χ2n) is 6.59. The summed E-state index contributed by atoms with van der Waals surface area (Å²) in [4.78, 5) is 34.6. The number of nitrogens with one attached hydrogen (secondary N) is 1. The Kier molecular flexibility index (Phi) is 6.85. The molecule has 1 amide bonds. The highest BCUT2D eigenvalue weighted by Crippen LogP contribution is 2.24. The normalized spacial score (nSPS) is 12.3. The van der Waals surface area contributed by atoms with Gasteiger partial charge < -0.3 is 19.2 Å². The van der Waals surface area contributed by atoms with E-state index in [0.29, 0.717) is 3.57 Å². The van der Waals surface area contributed by atoms with Gasteiger partial charge in [0, 0.05) is 29.7 Å². The molecule has 3 N–H and O–H groups in total. The number of pyridine rings is 1. The Morgan fingerprint density at radius 3 is 2.87 bits per heavy atom. The van der Waals surface area contributed by atoms with Gasteiger partial charge in [0.25, 0.3) is 11.5 Å². The number of halogens is 2. The average Bonchev–Trinajstić information content (AvgIpc) is 3.08. The number of aryl methyl sites for hydroxylation is 1. The molecule has 2 aromatic heterocycles. The van der Waals surface area contributed by atoms with Gasteiger partial charge in [-0.25, -0.2) is 14.9 Å². The summed E-state index contributed by atoms with van der Waals surface area (Å²) in [6, 6.07) is 4.64. The third kappa shape index (κ3) is 4.53. The number of benzene rings is 1. The molecule has 1 atom stereocenters. The molecule has 0 spiro atoms. The maximum atomic E-state index is 14.4. The van der Waals surface area contributed by atoms with Gasteiger partial charge in [0.1, 0.15) is 24.1 Å². The topological polar surface area (TPSA) is 127 Å². The van der Waals surface area contributed by atoms with Crippen molar-refractivity contribution in [1.82, 2.24) is 15.0 Å². The first-order chi connectivity index (χ1) is 14.2. The highest BCUT2D eigenvalue weighted by atomic mass is 127. The smallest absolute Gasteiger partial charge is 0.280 e. The molecule has 3 rings (SSSR count). The Bertz CT molecular complexity index is 1160. The Hall–Kier alpha value is -2.35. The first kappa shape index (κ1) is 22.3. The number of rotatable bonds is 7. The van der Waals surface area contributed by atoms with Crippen molar-refractivity contribution < 1.29 is 28.7 Å². The Balaban J connectivity index is 2.10. The van der Waals surface area contributed by atoms with E-state index >= 15 is 0 Å². The predicted octanol–water partition coefficient (Wildman–Crippen LogP) is 1.18. The molecule has 160 valence electrons. The minimum absolute atomic E-state index is 0.0378. The summed E-state index contributed by atoms with van der Waals surface area (Å²) >= 11 is 1.98. The van der Waals surface area contributed by atoms with E-state index in [4.69, 9.17) is 14.4 Å². The number of hydroxylamine groups is 1. The van der Waals surface area contributed by atoms with E-state index < -0.39 is 30.0 Å². The SMILES string of the molecule is Cc1nc2c(=O)n(C)c(Cc3ccc(I)cc3F)c(C(=O)NOC[C@H](O)CO)c2o1. The zero-order valence-electron chi connectivity index (χ0n) is 16.1. The van der Waals surface area contributed by atoms with Crippen LogP contribution in [-0.2, 0) is 18.3 Å². The van der Waals surface area contributed by atoms with E-state index in [1.807, 2.05) is 22.6 Å². The van der Waals surface area contributed by atoms with Crippen molar-refractivity contribution in [2.24, 2.45) is 7.05 Å². The van der Waals surface area contributed by atoms with Gasteiger partial charge in [-0.3, -0.25) is 14.4 Å². The molecule has 0 unspecified atom stereocenters. The molecule has 0 aliphatic rings. The first-order valence-electron chi connectivity index (χ1n) is 8.86. The second-order valence-corrected chi connectivity index (χ2v) is 7.83. The molecule has 0 saturated heterocycles. The number of fused-ring (bicyclic) bond motifs is 1. The van der Waals surface area contributed by atoms with E-state index in [1.165, 1.54) is 24.6 Å². The van der Waals surface area contributed by atoms with Crippen LogP contribution in [0.4, 0.5) is 4.39 Å². The number of aliphatic hydroxyl groups is 2. The minimum Gasteiger partial charge on any atom is -0.440 e. The van der Waals surface area contributed by atoms with Gasteiger partial charge in [0.2, 0.25) is 0 Å². The van der Waals surface area contributed by atoms with Crippen LogP contribution < -0.4 is 11.0 Å². The van der Waals surface area contributed by atoms with Crippen molar-refractivity contribution in [3.63, 3.8) is 0 Å². The lowest BCUT2D eigenvalue weighted by Gasteiger charge is -2.15. The van der Waals surface area contributed by atoms with Crippen LogP contribution in [0.15, 0.2) is 27.4 Å². The van der Waals surface area contributed by atoms with Crippen LogP contribution in [0.5, 0.6) is 0 Å². The second kappa shape index (κ2) is 9.20. The van der Waals surface area contributed by atoms with Crippen LogP contribution in [0.2, 0.25) is 0 Å². The van der Waals surface area contributed by atoms with Crippen LogP contribution in [0, 0.1) is 16.3 Å². The number of hydrogen-bond acceptors (Lipinski definition) is 7. The van der Waals surface area contributed by atoms with Gasteiger partial charge in [-0.05, 0) is 40.3 Å². The molecule has 0 saturated carbocycles. The molecule has 30 heavy (non-hydrogen) atoms. The van der Waals surface area contributed by atoms with Crippen molar-refractivity contribution in [3.8, 4) is 0 Å². The van der Waals surface area contributed by atoms with Crippen LogP contribution >= 0.6 is 22.6 Å². The summed E-state index contributed by atoms with van der Waals surface area (Å²) in [5.74, 6) is -1.06. The average molecular weight is 531 g/mol. The van der Waals surface area contributed by atoms with Crippen molar-refractivity contribution in [1.29, 1.82) is 0 Å². The quantitative estimate of drug-likeness (QED) is 0.309. The van der Waals surface area contributed by atoms with E-state index in [-0.39, 0.29) is 46.8 Å². The summed E-state index contributed by atoms with van der Waals surface area (Å²) in [7, 11) is 1.46. The van der Waals surface area contributed by atoms with Crippen LogP contribution in [0.25, 0.3) is 11.1 Å². The lowest BCUT2D eigenvalue weighted by atomic mass is 10.0. The molecule has 11 heteroatoms. The molecule has 0 aliphatic carbocycles. The maximum Gasteiger partial charge on any atom is 0.280 e. The summed E-state index contributed by atoms with van der Waals surface area (Å²) < 4.78 is 21.9. The van der Waals surface area contributed by atoms with E-state index in [2.05, 4.69) is 10.5 Å². The highest BCUT2D eigenvalue weighted by molar-refractivity contribution is 14.1. The van der Waals surface area contributed by atoms with Gasteiger partial charge in [0.15, 0.2) is 17.0 Å². The monoisotopic (exact) mass is 531 g/mol. The number of carbonyl (C=O) groups excluding carboxylic acids is 1. The molecule has 1 aromatic carbocycles. The fraction of sp³-hybridized carbons (Fsp3) is 0.316. The standard InChI is InChI=1S/C19H19FIN3O6/c1-9-22-16-17(30-9)15(18(27)23-29-8-12(26)7-25)14(24(2)19(16)28)5-10-3-4-11(21)6-13(10)20/h3-4,6,12,25-26H,5,7-8H2,1-2H3,(H,23,27)/t12-/m1/s1. The van der Waals surface area contributed by atoms with Crippen molar-refractivity contribution in [2.75, 3.05) is 13.2 Å². The molecule has 9 nitrogen and oxygen atoms in total. The molecule has 0 aliphatic heterocycles. The number of hydrogen-bond donors (Lipinski definition) is 3. The zero-order chi connectivity index (χ0) is 22.0. The lowest BCUT2D eigenvalue weighted by molar-refractivity contribution is -0.0295. The van der Waals surface area contributed by atoms with E-state index in [9.17, 15) is 19.1 Å². The van der Waals surface area contributed by atoms with Gasteiger partial charge in [-0.2, -0.15) is 0 Å². The number of oxazole rings is 1. The van der Waals surface area contributed by atoms with Crippen molar-refractivity contribution >= 4 is 39.6 Å². The van der Waals surface area contributed by atoms with Crippen LogP contribution in [0.3, 0.4) is 0 Å². The van der Waals surface area contributed by atoms with Crippen LogP contribution in [-0.4, -0.2) is 45.0 Å². The van der Waals surface area contributed by atoms with Gasteiger partial charge in [0.05, 0.1) is 6.61 Å². The summed E-state index contributed by atoms with van der Waals surface area (Å²) in [5, 5.41) is 18.2. The number of amides is 1. The molecule has 2 heterocycles. The predicted molar refractivity (Wildman–Crippen MR) is 112 cm³/mol. The summed E-state index contributed by atoms with van der Waals surface area (Å²) in [6.07, 6.45) is -1.25. The number of aliphatic hydroxyl groups excluding tert-OH is 2. The summed E-state index contributed by atoms with van der Waals surface area (Å²) in [5.41, 5.74) is 2.03. The Morgan fingerprint density at radius 2 is 2.20 bits per heavy atom. The molecule has 0 radical (unpaired) electrons.